The average molecular weight is 868 g/mol. The van der Waals surface area contributed by atoms with Crippen molar-refractivity contribution in [3.8, 4) is 67.4 Å². The number of hydrogen-bond donors (Lipinski definition) is 0. The molecule has 0 fully saturated rings. The fraction of sp³-hybridized carbons (Fsp3) is 0. The number of nitrogens with zero attached hydrogens (tertiary/aromatic N) is 5. The highest BCUT2D eigenvalue weighted by molar-refractivity contribution is 6.85. The largest absolute Gasteiger partial charge is 0.458 e. The third kappa shape index (κ3) is 6.43. The van der Waals surface area contributed by atoms with Crippen LogP contribution in [0.2, 0.25) is 0 Å². The highest BCUT2D eigenvalue weighted by atomic mass is 16.5. The van der Waals surface area contributed by atoms with Gasteiger partial charge in [0.1, 0.15) is 17.3 Å². The molecule has 7 heteroatoms. The molecular weight excluding hydrogens is 818 g/mol. The summed E-state index contributed by atoms with van der Waals surface area (Å²) in [7, 11) is 0. The van der Waals surface area contributed by atoms with Gasteiger partial charge in [0.15, 0.2) is 0 Å². The number of para-hydroxylation sites is 4. The second-order valence-electron chi connectivity index (χ2n) is 16.2. The first-order chi connectivity index (χ1) is 37.4. The van der Waals surface area contributed by atoms with Gasteiger partial charge < -0.3 is 14.4 Å². The Morgan fingerprint density at radius 2 is 1.12 bits per heavy atom. The van der Waals surface area contributed by atoms with E-state index in [1.807, 2.05) is 78.9 Å². The van der Waals surface area contributed by atoms with Gasteiger partial charge in [0.2, 0.25) is 0 Å². The van der Waals surface area contributed by atoms with Crippen LogP contribution in [-0.2, 0) is 0 Å². The first kappa shape index (κ1) is 29.5. The van der Waals surface area contributed by atoms with Gasteiger partial charge in [0.05, 0.1) is 47.5 Å². The fourth-order valence-corrected chi connectivity index (χ4v) is 9.66. The van der Waals surface area contributed by atoms with Crippen LogP contribution in [0.25, 0.3) is 66.9 Å². The van der Waals surface area contributed by atoms with Gasteiger partial charge in [0.25, 0.3) is 6.33 Å². The smallest absolute Gasteiger partial charge is 0.422 e. The van der Waals surface area contributed by atoms with Crippen molar-refractivity contribution in [2.45, 2.75) is 0 Å². The zero-order chi connectivity index (χ0) is 53.0. The summed E-state index contributed by atoms with van der Waals surface area (Å²) in [5.74, 6) is 1.82. The molecule has 0 unspecified atom stereocenters. The number of rotatable bonds is 7. The van der Waals surface area contributed by atoms with Gasteiger partial charge in [-0.2, -0.15) is 0 Å². The molecule has 0 atom stereocenters. The van der Waals surface area contributed by atoms with Crippen LogP contribution in [0.1, 0.15) is 13.7 Å². The second kappa shape index (κ2) is 15.9. The average Bonchev–Trinajstić information content (AvgIpc) is 4.21. The fourth-order valence-electron chi connectivity index (χ4n) is 9.66. The predicted molar refractivity (Wildman–Crippen MR) is 272 cm³/mol. The minimum absolute atomic E-state index is 0.134. The maximum Gasteiger partial charge on any atom is 0.422 e. The predicted octanol–water partition coefficient (Wildman–Crippen LogP) is 13.6. The van der Waals surface area contributed by atoms with Crippen molar-refractivity contribution in [2.24, 2.45) is 0 Å². The minimum atomic E-state index is -0.570. The minimum Gasteiger partial charge on any atom is -0.458 e. The first-order valence-electron chi connectivity index (χ1n) is 26.8. The Bertz CT molecular complexity index is 4120. The first-order valence-corrected chi connectivity index (χ1v) is 21.8. The van der Waals surface area contributed by atoms with E-state index in [-0.39, 0.29) is 34.9 Å². The Labute approximate surface area is 403 Å². The van der Waals surface area contributed by atoms with Crippen LogP contribution in [0.3, 0.4) is 0 Å². The standard InChI is InChI=1S/C60H40BN5O/c1-3-19-42(20-4-1)47-29-18-30-48(43-21-5-2-6-22-43)60(47)64-41-63(55-33-13-14-34-56(55)64)44-23-17-24-45(39-44)67-46-36-37-57-58(40-46)66(59-35-15-16-38-62-59)61-53-31-11-9-27-51(53)49-25-7-8-26-50(49)52-28-10-12-32-54(52)65(57)61/h1-40H/i1D,2D,3D,4D,5D,6D,19D,20D,21D,22D. The van der Waals surface area contributed by atoms with Crippen molar-refractivity contribution < 1.29 is 23.0 Å². The molecule has 13 rings (SSSR count). The van der Waals surface area contributed by atoms with E-state index in [4.69, 9.17) is 23.4 Å². The van der Waals surface area contributed by atoms with Crippen LogP contribution < -0.4 is 24.4 Å². The summed E-state index contributed by atoms with van der Waals surface area (Å²) in [5.41, 5.74) is 10.5. The van der Waals surface area contributed by atoms with Crippen molar-refractivity contribution in [3.63, 3.8) is 0 Å². The van der Waals surface area contributed by atoms with Crippen LogP contribution >= 0.6 is 0 Å². The molecule has 11 aromatic rings. The second-order valence-corrected chi connectivity index (χ2v) is 16.2. The van der Waals surface area contributed by atoms with Crippen molar-refractivity contribution in [1.29, 1.82) is 0 Å². The maximum absolute atomic E-state index is 9.07. The molecule has 2 aliphatic rings. The van der Waals surface area contributed by atoms with Crippen molar-refractivity contribution >= 4 is 46.4 Å². The quantitative estimate of drug-likeness (QED) is 0.0909. The molecule has 314 valence electrons. The van der Waals surface area contributed by atoms with E-state index in [0.29, 0.717) is 28.2 Å². The van der Waals surface area contributed by atoms with Gasteiger partial charge in [-0.1, -0.05) is 182 Å². The normalized spacial score (nSPS) is 14.5. The lowest BCUT2D eigenvalue weighted by Gasteiger charge is -2.34. The Hall–Kier alpha value is -8.94. The Morgan fingerprint density at radius 1 is 0.493 bits per heavy atom. The van der Waals surface area contributed by atoms with Crippen LogP contribution in [-0.4, -0.2) is 16.5 Å². The zero-order valence-corrected chi connectivity index (χ0v) is 35.5. The molecule has 0 spiro atoms. The van der Waals surface area contributed by atoms with E-state index in [2.05, 4.69) is 94.8 Å². The SMILES string of the molecule is [2H]c1c([2H])c([2H])c(-c2cccc(-c3c([2H])c([2H])c([2H])c([2H])c3[2H])c2-[n+]2[c-]n(-c3cccc(Oc4ccc5c(c4)N(c4ccccn4)B4c6ccccc6-c6ccccc6-c6ccccc6N45)c3)c3ccccc32)c([2H])c1[2H]. The van der Waals surface area contributed by atoms with Gasteiger partial charge >= 0.3 is 6.98 Å². The molecule has 9 aromatic carbocycles. The van der Waals surface area contributed by atoms with Gasteiger partial charge in [0, 0.05) is 23.5 Å². The van der Waals surface area contributed by atoms with Crippen molar-refractivity contribution in [1.82, 2.24) is 9.55 Å². The lowest BCUT2D eigenvalue weighted by Crippen LogP contribution is -2.54. The lowest BCUT2D eigenvalue weighted by molar-refractivity contribution is -0.571. The number of ether oxygens (including phenoxy) is 1. The number of pyridine rings is 1. The lowest BCUT2D eigenvalue weighted by atomic mass is 9.61. The van der Waals surface area contributed by atoms with E-state index < -0.39 is 60.4 Å². The molecule has 4 heterocycles. The van der Waals surface area contributed by atoms with E-state index in [9.17, 15) is 0 Å². The topological polar surface area (TPSA) is 37.4 Å². The number of anilines is 4. The highest BCUT2D eigenvalue weighted by Gasteiger charge is 2.47. The number of benzene rings is 9. The molecule has 0 amide bonds. The monoisotopic (exact) mass is 867 g/mol. The van der Waals surface area contributed by atoms with Crippen LogP contribution in [0.5, 0.6) is 11.5 Å². The molecular formula is C60H40BN5O. The van der Waals surface area contributed by atoms with Crippen molar-refractivity contribution in [3.05, 3.63) is 249 Å². The van der Waals surface area contributed by atoms with E-state index in [1.54, 1.807) is 33.5 Å². The Morgan fingerprint density at radius 3 is 1.88 bits per heavy atom. The number of fused-ring (bicyclic) bond motifs is 11. The highest BCUT2D eigenvalue weighted by Crippen LogP contribution is 2.52. The maximum atomic E-state index is 9.07. The number of imidazole rings is 1. The summed E-state index contributed by atoms with van der Waals surface area (Å²) in [6.45, 7) is -0.333. The summed E-state index contributed by atoms with van der Waals surface area (Å²) in [6.07, 6.45) is 5.27. The van der Waals surface area contributed by atoms with Crippen LogP contribution in [0.4, 0.5) is 22.9 Å². The third-order valence-electron chi connectivity index (χ3n) is 12.4. The van der Waals surface area contributed by atoms with Crippen molar-refractivity contribution in [2.75, 3.05) is 9.62 Å². The molecule has 0 radical (unpaired) electrons. The van der Waals surface area contributed by atoms with Gasteiger partial charge in [-0.05, 0) is 92.9 Å². The molecule has 67 heavy (non-hydrogen) atoms. The van der Waals surface area contributed by atoms with Gasteiger partial charge in [-0.25, -0.2) is 4.98 Å². The van der Waals surface area contributed by atoms with Gasteiger partial charge in [-0.15, -0.1) is 0 Å². The summed E-state index contributed by atoms with van der Waals surface area (Å²) in [4.78, 5) is 9.59. The molecule has 0 aliphatic carbocycles. The molecule has 2 aliphatic heterocycles. The van der Waals surface area contributed by atoms with E-state index in [1.165, 1.54) is 0 Å². The molecule has 0 N–H and O–H groups in total. The zero-order valence-electron chi connectivity index (χ0n) is 45.5. The summed E-state index contributed by atoms with van der Waals surface area (Å²) in [6, 6.07) is 52.0. The summed E-state index contributed by atoms with van der Waals surface area (Å²) in [5, 5.41) is 0. The molecule has 0 saturated carbocycles. The van der Waals surface area contributed by atoms with Crippen LogP contribution in [0, 0.1) is 6.33 Å². The molecule has 0 saturated heterocycles. The molecule has 2 aromatic heterocycles. The van der Waals surface area contributed by atoms with Crippen LogP contribution in [0.15, 0.2) is 243 Å². The van der Waals surface area contributed by atoms with E-state index >= 15 is 0 Å². The Balaban J connectivity index is 0.962. The number of hydrogen-bond acceptors (Lipinski definition) is 4. The van der Waals surface area contributed by atoms with E-state index in [0.717, 1.165) is 50.6 Å². The third-order valence-corrected chi connectivity index (χ3v) is 12.4. The van der Waals surface area contributed by atoms with Gasteiger partial charge in [-0.3, -0.25) is 9.13 Å². The summed E-state index contributed by atoms with van der Waals surface area (Å²) < 4.78 is 97.7. The number of aromatic nitrogens is 3. The molecule has 0 bridgehead atoms. The Kier molecular flexibility index (Phi) is 7.02. The summed E-state index contributed by atoms with van der Waals surface area (Å²) >= 11 is 0. The molecule has 6 nitrogen and oxygen atoms in total.